The lowest BCUT2D eigenvalue weighted by Crippen LogP contribution is -2.44. The minimum absolute atomic E-state index is 0.0671. The molecule has 3 N–H and O–H groups in total. The Morgan fingerprint density at radius 3 is 2.63 bits per heavy atom. The molecule has 7 atom stereocenters. The highest BCUT2D eigenvalue weighted by atomic mass is 16.4. The lowest BCUT2D eigenvalue weighted by Gasteiger charge is -2.48. The summed E-state index contributed by atoms with van der Waals surface area (Å²) in [5.41, 5.74) is 1.46. The van der Waals surface area contributed by atoms with Gasteiger partial charge in [0.2, 0.25) is 0 Å². The summed E-state index contributed by atoms with van der Waals surface area (Å²) >= 11 is 0. The zero-order valence-electron chi connectivity index (χ0n) is 18.8. The smallest absolute Gasteiger partial charge is 0.328 e. The summed E-state index contributed by atoms with van der Waals surface area (Å²) in [6.45, 7) is 12.5. The van der Waals surface area contributed by atoms with Crippen molar-refractivity contribution in [2.75, 3.05) is 0 Å². The SMILES string of the molecule is C=C([C@@H]1C(C)=C[C@@H]2C[C@@](C)(O)CC[C@H]2[C@@H]1/C=C/C=C/C=C/C(=O)O)[C@H](O)[C@H](C)CC. The molecule has 0 amide bonds. The number of aliphatic hydroxyl groups is 2. The van der Waals surface area contributed by atoms with Gasteiger partial charge < -0.3 is 15.3 Å². The molecule has 30 heavy (non-hydrogen) atoms. The van der Waals surface area contributed by atoms with Crippen LogP contribution in [0.5, 0.6) is 0 Å². The van der Waals surface area contributed by atoms with Crippen LogP contribution in [0.3, 0.4) is 0 Å². The fourth-order valence-corrected chi connectivity index (χ4v) is 5.13. The highest BCUT2D eigenvalue weighted by molar-refractivity contribution is 5.80. The van der Waals surface area contributed by atoms with Crippen LogP contribution in [0.15, 0.2) is 60.3 Å². The van der Waals surface area contributed by atoms with Crippen LogP contribution in [0, 0.1) is 29.6 Å². The third kappa shape index (κ3) is 6.05. The van der Waals surface area contributed by atoms with Crippen molar-refractivity contribution >= 4 is 5.97 Å². The van der Waals surface area contributed by atoms with E-state index in [4.69, 9.17) is 5.11 Å². The van der Waals surface area contributed by atoms with E-state index >= 15 is 0 Å². The molecule has 0 saturated heterocycles. The fraction of sp³-hybridized carbons (Fsp3) is 0.577. The number of allylic oxidation sites excluding steroid dienone is 7. The number of carbonyl (C=O) groups is 1. The number of carboxylic acids is 1. The summed E-state index contributed by atoms with van der Waals surface area (Å²) in [6.07, 6.45) is 15.4. The summed E-state index contributed by atoms with van der Waals surface area (Å²) in [5.74, 6) is 0.140. The molecule has 2 aliphatic rings. The molecule has 2 rings (SSSR count). The first-order valence-electron chi connectivity index (χ1n) is 11.1. The first kappa shape index (κ1) is 24.4. The second-order valence-electron chi connectivity index (χ2n) is 9.41. The van der Waals surface area contributed by atoms with E-state index in [1.807, 2.05) is 19.1 Å². The molecule has 0 spiro atoms. The first-order chi connectivity index (χ1) is 14.1. The Bertz CT molecular complexity index is 740. The molecule has 0 aromatic carbocycles. The van der Waals surface area contributed by atoms with Gasteiger partial charge in [-0.05, 0) is 62.4 Å². The average Bonchev–Trinajstić information content (AvgIpc) is 2.67. The highest BCUT2D eigenvalue weighted by Crippen LogP contribution is 2.51. The van der Waals surface area contributed by atoms with Crippen LogP contribution in [0.1, 0.15) is 53.4 Å². The summed E-state index contributed by atoms with van der Waals surface area (Å²) < 4.78 is 0. The molecule has 4 heteroatoms. The van der Waals surface area contributed by atoms with Crippen molar-refractivity contribution in [3.8, 4) is 0 Å². The van der Waals surface area contributed by atoms with E-state index in [9.17, 15) is 15.0 Å². The molecule has 0 unspecified atom stereocenters. The minimum Gasteiger partial charge on any atom is -0.478 e. The maximum Gasteiger partial charge on any atom is 0.328 e. The fourth-order valence-electron chi connectivity index (χ4n) is 5.13. The highest BCUT2D eigenvalue weighted by Gasteiger charge is 2.45. The van der Waals surface area contributed by atoms with Gasteiger partial charge in [0, 0.05) is 12.0 Å². The second kappa shape index (κ2) is 10.4. The normalized spacial score (nSPS) is 34.1. The molecule has 166 valence electrons. The van der Waals surface area contributed by atoms with E-state index in [-0.39, 0.29) is 17.8 Å². The lowest BCUT2D eigenvalue weighted by atomic mass is 9.58. The van der Waals surface area contributed by atoms with Crippen LogP contribution in [0.25, 0.3) is 0 Å². The molecule has 2 aliphatic carbocycles. The Labute approximate surface area is 181 Å². The van der Waals surface area contributed by atoms with Gasteiger partial charge in [0.25, 0.3) is 0 Å². The molecule has 0 radical (unpaired) electrons. The number of carboxylic acid groups (broad SMARTS) is 1. The van der Waals surface area contributed by atoms with Crippen LogP contribution in [-0.4, -0.2) is 33.0 Å². The van der Waals surface area contributed by atoms with Gasteiger partial charge in [-0.3, -0.25) is 0 Å². The Kier molecular flexibility index (Phi) is 8.45. The molecular formula is C26H38O4. The Hall–Kier alpha value is -1.91. The quantitative estimate of drug-likeness (QED) is 0.295. The van der Waals surface area contributed by atoms with Gasteiger partial charge in [0.05, 0.1) is 11.7 Å². The van der Waals surface area contributed by atoms with Gasteiger partial charge in [0.1, 0.15) is 0 Å². The molecule has 0 aromatic heterocycles. The lowest BCUT2D eigenvalue weighted by molar-refractivity contribution is -0.131. The average molecular weight is 415 g/mol. The van der Waals surface area contributed by atoms with E-state index in [0.717, 1.165) is 37.3 Å². The minimum atomic E-state index is -0.968. The summed E-state index contributed by atoms with van der Waals surface area (Å²) in [7, 11) is 0. The Morgan fingerprint density at radius 1 is 1.33 bits per heavy atom. The zero-order chi connectivity index (χ0) is 22.5. The van der Waals surface area contributed by atoms with Crippen molar-refractivity contribution in [2.24, 2.45) is 29.6 Å². The topological polar surface area (TPSA) is 77.8 Å². The van der Waals surface area contributed by atoms with Crippen molar-refractivity contribution in [3.05, 3.63) is 60.3 Å². The molecule has 1 saturated carbocycles. The van der Waals surface area contributed by atoms with Crippen LogP contribution >= 0.6 is 0 Å². The van der Waals surface area contributed by atoms with Crippen molar-refractivity contribution in [1.29, 1.82) is 0 Å². The van der Waals surface area contributed by atoms with Gasteiger partial charge in [-0.15, -0.1) is 0 Å². The van der Waals surface area contributed by atoms with Gasteiger partial charge in [0.15, 0.2) is 0 Å². The van der Waals surface area contributed by atoms with Crippen molar-refractivity contribution in [2.45, 2.75) is 65.1 Å². The molecule has 0 aliphatic heterocycles. The monoisotopic (exact) mass is 414 g/mol. The summed E-state index contributed by atoms with van der Waals surface area (Å²) in [4.78, 5) is 10.6. The second-order valence-corrected chi connectivity index (χ2v) is 9.41. The number of rotatable bonds is 8. The van der Waals surface area contributed by atoms with Crippen molar-refractivity contribution in [3.63, 3.8) is 0 Å². The molecule has 0 bridgehead atoms. The van der Waals surface area contributed by atoms with E-state index in [1.165, 1.54) is 11.6 Å². The van der Waals surface area contributed by atoms with Crippen LogP contribution in [0.4, 0.5) is 0 Å². The van der Waals surface area contributed by atoms with Crippen LogP contribution in [-0.2, 0) is 4.79 Å². The Morgan fingerprint density at radius 2 is 2.00 bits per heavy atom. The first-order valence-corrected chi connectivity index (χ1v) is 11.1. The van der Waals surface area contributed by atoms with E-state index < -0.39 is 17.7 Å². The van der Waals surface area contributed by atoms with E-state index in [0.29, 0.717) is 11.8 Å². The standard InChI is InChI=1S/C26H38O4/c1-6-17(2)25(29)19(4)24-18(3)15-20-16-26(5,30)14-13-21(20)22(24)11-9-7-8-10-12-23(27)28/h7-12,15,17,20-22,24-25,29-30H,4,6,13-14,16H2,1-3,5H3,(H,27,28)/b8-7+,11-9+,12-10+/t17-,20-,21-,22+,24+,25-,26+/m1/s1. The molecule has 1 fully saturated rings. The molecule has 0 aromatic rings. The number of fused-ring (bicyclic) bond motifs is 1. The maximum absolute atomic E-state index is 10.9. The molecule has 4 nitrogen and oxygen atoms in total. The van der Waals surface area contributed by atoms with E-state index in [2.05, 4.69) is 39.5 Å². The Balaban J connectivity index is 2.33. The predicted molar refractivity (Wildman–Crippen MR) is 122 cm³/mol. The van der Waals surface area contributed by atoms with Crippen LogP contribution in [0.2, 0.25) is 0 Å². The zero-order valence-corrected chi connectivity index (χ0v) is 18.8. The molecular weight excluding hydrogens is 376 g/mol. The maximum atomic E-state index is 10.9. The van der Waals surface area contributed by atoms with Gasteiger partial charge in [-0.25, -0.2) is 4.79 Å². The predicted octanol–water partition coefficient (Wildman–Crippen LogP) is 5.06. The number of hydrogen-bond acceptors (Lipinski definition) is 3. The number of aliphatic carboxylic acids is 1. The third-order valence-corrected chi connectivity index (χ3v) is 6.96. The van der Waals surface area contributed by atoms with Crippen molar-refractivity contribution in [1.82, 2.24) is 0 Å². The summed E-state index contributed by atoms with van der Waals surface area (Å²) in [5, 5.41) is 30.2. The summed E-state index contributed by atoms with van der Waals surface area (Å²) in [6, 6.07) is 0. The number of aliphatic hydroxyl groups excluding tert-OH is 1. The van der Waals surface area contributed by atoms with Gasteiger partial charge >= 0.3 is 5.97 Å². The van der Waals surface area contributed by atoms with E-state index in [1.54, 1.807) is 6.08 Å². The van der Waals surface area contributed by atoms with Crippen molar-refractivity contribution < 1.29 is 20.1 Å². The largest absolute Gasteiger partial charge is 0.478 e. The third-order valence-electron chi connectivity index (χ3n) is 6.96. The van der Waals surface area contributed by atoms with Gasteiger partial charge in [-0.1, -0.05) is 68.9 Å². The van der Waals surface area contributed by atoms with Crippen LogP contribution < -0.4 is 0 Å². The molecule has 0 heterocycles. The number of hydrogen-bond donors (Lipinski definition) is 3. The van der Waals surface area contributed by atoms with Gasteiger partial charge in [-0.2, -0.15) is 0 Å².